The largest absolute Gasteiger partial charge is 0.493 e. The fourth-order valence-corrected chi connectivity index (χ4v) is 3.58. The molecule has 0 saturated heterocycles. The molecule has 0 aliphatic heterocycles. The van der Waals surface area contributed by atoms with E-state index in [1.165, 1.54) is 25.6 Å². The van der Waals surface area contributed by atoms with E-state index in [9.17, 15) is 4.79 Å². The molecule has 0 aliphatic carbocycles. The number of carbonyl (C=O) groups is 1. The highest BCUT2D eigenvalue weighted by Crippen LogP contribution is 2.31. The quantitative estimate of drug-likeness (QED) is 0.678. The van der Waals surface area contributed by atoms with E-state index >= 15 is 0 Å². The second-order valence-electron chi connectivity index (χ2n) is 5.10. The van der Waals surface area contributed by atoms with Crippen LogP contribution in [0.2, 0.25) is 0 Å². The number of methoxy groups -OCH3 is 2. The van der Waals surface area contributed by atoms with Crippen molar-refractivity contribution in [2.24, 2.45) is 4.99 Å². The number of rotatable bonds is 4. The lowest BCUT2D eigenvalue weighted by molar-refractivity contribution is 0.0994. The molecule has 0 atom stereocenters. The molecule has 5 nitrogen and oxygen atoms in total. The number of hydrogen-bond donors (Lipinski definition) is 0. The maximum absolute atomic E-state index is 12.7. The zero-order chi connectivity index (χ0) is 17.8. The third kappa shape index (κ3) is 3.14. The van der Waals surface area contributed by atoms with Crippen molar-refractivity contribution in [3.8, 4) is 23.8 Å². The molecule has 0 fully saturated rings. The number of aromatic nitrogens is 1. The van der Waals surface area contributed by atoms with E-state index in [1.54, 1.807) is 18.2 Å². The Kier molecular flexibility index (Phi) is 4.87. The van der Waals surface area contributed by atoms with Crippen LogP contribution in [-0.4, -0.2) is 24.7 Å². The number of carbonyl (C=O) groups excluding carboxylic acids is 1. The van der Waals surface area contributed by atoms with Gasteiger partial charge in [0.15, 0.2) is 16.3 Å². The standard InChI is InChI=1S/C19H16N2O3S/c1-4-12-21-14-9-5-6-11-16(14)25-19(21)20-18(22)13-8-7-10-15(23-2)17(13)24-3/h1,5-11H,12H2,2-3H3. The number of ether oxygens (including phenoxy) is 2. The number of hydrogen-bond acceptors (Lipinski definition) is 4. The fourth-order valence-electron chi connectivity index (χ4n) is 2.55. The molecule has 0 saturated carbocycles. The first-order valence-corrected chi connectivity index (χ1v) is 8.33. The van der Waals surface area contributed by atoms with Gasteiger partial charge >= 0.3 is 0 Å². The molecule has 0 unspecified atom stereocenters. The first-order chi connectivity index (χ1) is 12.2. The normalized spacial score (nSPS) is 11.3. The molecule has 0 bridgehead atoms. The number of nitrogens with zero attached hydrogens (tertiary/aromatic N) is 2. The molecule has 3 rings (SSSR count). The molecule has 1 heterocycles. The predicted molar refractivity (Wildman–Crippen MR) is 98.1 cm³/mol. The summed E-state index contributed by atoms with van der Waals surface area (Å²) in [6.45, 7) is 0.339. The lowest BCUT2D eigenvalue weighted by Gasteiger charge is -2.09. The Morgan fingerprint density at radius 2 is 2.00 bits per heavy atom. The van der Waals surface area contributed by atoms with Crippen LogP contribution in [0.4, 0.5) is 0 Å². The van der Waals surface area contributed by atoms with Gasteiger partial charge in [-0.2, -0.15) is 4.99 Å². The Bertz CT molecular complexity index is 1040. The second-order valence-corrected chi connectivity index (χ2v) is 6.11. The van der Waals surface area contributed by atoms with Gasteiger partial charge in [-0.3, -0.25) is 4.79 Å². The number of benzene rings is 2. The van der Waals surface area contributed by atoms with E-state index in [1.807, 2.05) is 28.8 Å². The van der Waals surface area contributed by atoms with E-state index in [0.717, 1.165) is 10.2 Å². The Hall–Kier alpha value is -3.04. The number of terminal acetylenes is 1. The second kappa shape index (κ2) is 7.24. The molecule has 0 radical (unpaired) electrons. The van der Waals surface area contributed by atoms with Crippen LogP contribution in [0.5, 0.6) is 11.5 Å². The summed E-state index contributed by atoms with van der Waals surface area (Å²) in [5.74, 6) is 3.05. The molecule has 126 valence electrons. The molecule has 1 aromatic heterocycles. The summed E-state index contributed by atoms with van der Waals surface area (Å²) in [5, 5.41) is 0. The third-order valence-electron chi connectivity index (χ3n) is 3.67. The molecular formula is C19H16N2O3S. The average molecular weight is 352 g/mol. The molecule has 0 aliphatic rings. The SMILES string of the molecule is C#CCn1c(=NC(=O)c2cccc(OC)c2OC)sc2ccccc21. The zero-order valence-corrected chi connectivity index (χ0v) is 14.7. The minimum atomic E-state index is -0.409. The van der Waals surface area contributed by atoms with E-state index < -0.39 is 5.91 Å². The van der Waals surface area contributed by atoms with Crippen LogP contribution in [0.3, 0.4) is 0 Å². The Balaban J connectivity index is 2.16. The zero-order valence-electron chi connectivity index (χ0n) is 13.9. The van der Waals surface area contributed by atoms with E-state index in [0.29, 0.717) is 28.4 Å². The summed E-state index contributed by atoms with van der Waals surface area (Å²) in [6, 6.07) is 12.9. The Labute approximate surface area is 149 Å². The van der Waals surface area contributed by atoms with Gasteiger partial charge in [-0.15, -0.1) is 6.42 Å². The smallest absolute Gasteiger partial charge is 0.283 e. The topological polar surface area (TPSA) is 52.8 Å². The van der Waals surface area contributed by atoms with Crippen molar-refractivity contribution in [2.45, 2.75) is 6.54 Å². The minimum absolute atomic E-state index is 0.339. The van der Waals surface area contributed by atoms with Crippen LogP contribution >= 0.6 is 11.3 Å². The van der Waals surface area contributed by atoms with Gasteiger partial charge < -0.3 is 14.0 Å². The molecular weight excluding hydrogens is 336 g/mol. The highest BCUT2D eigenvalue weighted by molar-refractivity contribution is 7.16. The molecule has 25 heavy (non-hydrogen) atoms. The third-order valence-corrected chi connectivity index (χ3v) is 4.73. The van der Waals surface area contributed by atoms with E-state index in [2.05, 4.69) is 10.9 Å². The van der Waals surface area contributed by atoms with Gasteiger partial charge in [-0.05, 0) is 24.3 Å². The fraction of sp³-hybridized carbons (Fsp3) is 0.158. The maximum atomic E-state index is 12.7. The van der Waals surface area contributed by atoms with Crippen LogP contribution in [0.15, 0.2) is 47.5 Å². The summed E-state index contributed by atoms with van der Waals surface area (Å²) in [6.07, 6.45) is 5.48. The van der Waals surface area contributed by atoms with Gasteiger partial charge in [0.25, 0.3) is 5.91 Å². The van der Waals surface area contributed by atoms with Crippen molar-refractivity contribution >= 4 is 27.5 Å². The first-order valence-electron chi connectivity index (χ1n) is 7.51. The average Bonchev–Trinajstić information content (AvgIpc) is 2.98. The monoisotopic (exact) mass is 352 g/mol. The van der Waals surface area contributed by atoms with Gasteiger partial charge in [0.05, 0.1) is 36.5 Å². The number of fused-ring (bicyclic) bond motifs is 1. The summed E-state index contributed by atoms with van der Waals surface area (Å²) in [4.78, 5) is 17.6. The van der Waals surface area contributed by atoms with Crippen molar-refractivity contribution in [1.82, 2.24) is 4.57 Å². The van der Waals surface area contributed by atoms with Crippen molar-refractivity contribution in [2.75, 3.05) is 14.2 Å². The van der Waals surface area contributed by atoms with Crippen LogP contribution in [-0.2, 0) is 6.54 Å². The predicted octanol–water partition coefficient (Wildman–Crippen LogP) is 3.09. The highest BCUT2D eigenvalue weighted by atomic mass is 32.1. The summed E-state index contributed by atoms with van der Waals surface area (Å²) >= 11 is 1.42. The Morgan fingerprint density at radius 3 is 2.72 bits per heavy atom. The number of thiazole rings is 1. The molecule has 3 aromatic rings. The van der Waals surface area contributed by atoms with Crippen LogP contribution < -0.4 is 14.3 Å². The molecule has 1 amide bonds. The van der Waals surface area contributed by atoms with Crippen LogP contribution in [0.1, 0.15) is 10.4 Å². The van der Waals surface area contributed by atoms with Crippen molar-refractivity contribution < 1.29 is 14.3 Å². The van der Waals surface area contributed by atoms with Crippen molar-refractivity contribution in [3.63, 3.8) is 0 Å². The van der Waals surface area contributed by atoms with Crippen LogP contribution in [0.25, 0.3) is 10.2 Å². The molecule has 0 spiro atoms. The lowest BCUT2D eigenvalue weighted by Crippen LogP contribution is -2.16. The first kappa shape index (κ1) is 16.8. The number of para-hydroxylation sites is 2. The van der Waals surface area contributed by atoms with Gasteiger partial charge in [0.1, 0.15) is 0 Å². The van der Waals surface area contributed by atoms with E-state index in [-0.39, 0.29) is 0 Å². The Morgan fingerprint density at radius 1 is 1.20 bits per heavy atom. The lowest BCUT2D eigenvalue weighted by atomic mass is 10.2. The summed E-state index contributed by atoms with van der Waals surface area (Å²) in [7, 11) is 3.02. The van der Waals surface area contributed by atoms with Crippen molar-refractivity contribution in [3.05, 3.63) is 52.8 Å². The van der Waals surface area contributed by atoms with E-state index in [4.69, 9.17) is 15.9 Å². The maximum Gasteiger partial charge on any atom is 0.283 e. The highest BCUT2D eigenvalue weighted by Gasteiger charge is 2.16. The summed E-state index contributed by atoms with van der Waals surface area (Å²) in [5.41, 5.74) is 1.29. The van der Waals surface area contributed by atoms with Gasteiger partial charge in [-0.1, -0.05) is 35.5 Å². The summed E-state index contributed by atoms with van der Waals surface area (Å²) < 4.78 is 13.4. The molecule has 2 aromatic carbocycles. The number of amides is 1. The van der Waals surface area contributed by atoms with Gasteiger partial charge in [0.2, 0.25) is 0 Å². The van der Waals surface area contributed by atoms with Gasteiger partial charge in [-0.25, -0.2) is 0 Å². The molecule has 6 heteroatoms. The van der Waals surface area contributed by atoms with Crippen LogP contribution in [0, 0.1) is 12.3 Å². The van der Waals surface area contributed by atoms with Crippen molar-refractivity contribution in [1.29, 1.82) is 0 Å². The minimum Gasteiger partial charge on any atom is -0.493 e. The van der Waals surface area contributed by atoms with Gasteiger partial charge in [0, 0.05) is 0 Å². The molecule has 0 N–H and O–H groups in total.